The molecule has 2 heterocycles. The quantitative estimate of drug-likeness (QED) is 0.843. The number of hydrogen-bond donors (Lipinski definition) is 1. The van der Waals surface area contributed by atoms with Crippen LogP contribution < -0.4 is 10.1 Å². The lowest BCUT2D eigenvalue weighted by Crippen LogP contribution is -2.23. The summed E-state index contributed by atoms with van der Waals surface area (Å²) in [5, 5.41) is 2.49. The molecule has 23 heavy (non-hydrogen) atoms. The summed E-state index contributed by atoms with van der Waals surface area (Å²) in [6.07, 6.45) is 3.37. The van der Waals surface area contributed by atoms with Gasteiger partial charge in [0.25, 0.3) is 0 Å². The minimum absolute atomic E-state index is 0.0378. The van der Waals surface area contributed by atoms with E-state index >= 15 is 0 Å². The molecule has 1 aromatic heterocycles. The number of halogens is 4. The fourth-order valence-corrected chi connectivity index (χ4v) is 2.97. The van der Waals surface area contributed by atoms with Crippen LogP contribution in [0.1, 0.15) is 18.3 Å². The largest absolute Gasteiger partial charge is 0.479 e. The molecule has 4 nitrogen and oxygen atoms in total. The number of aromatic nitrogens is 2. The Morgan fingerprint density at radius 2 is 1.83 bits per heavy atom. The molecule has 2 aromatic rings. The van der Waals surface area contributed by atoms with Crippen molar-refractivity contribution in [3.8, 4) is 5.75 Å². The van der Waals surface area contributed by atoms with Gasteiger partial charge in [0.15, 0.2) is 17.7 Å². The van der Waals surface area contributed by atoms with Crippen LogP contribution in [-0.4, -0.2) is 23.1 Å². The number of ether oxygens (including phenoxy) is 1. The summed E-state index contributed by atoms with van der Waals surface area (Å²) in [7, 11) is 0. The third kappa shape index (κ3) is 3.39. The predicted octanol–water partition coefficient (Wildman–Crippen LogP) is 3.79. The van der Waals surface area contributed by atoms with Gasteiger partial charge in [-0.2, -0.15) is 0 Å². The maximum Gasteiger partial charge on any atom is 0.169 e. The van der Waals surface area contributed by atoms with E-state index in [1.54, 1.807) is 18.5 Å². The summed E-state index contributed by atoms with van der Waals surface area (Å²) >= 11 is 11.8. The van der Waals surface area contributed by atoms with Crippen LogP contribution in [0.4, 0.5) is 8.78 Å². The van der Waals surface area contributed by atoms with Crippen molar-refractivity contribution in [3.63, 3.8) is 0 Å². The van der Waals surface area contributed by atoms with Crippen LogP contribution >= 0.6 is 23.2 Å². The number of nitrogens with one attached hydrogen (secondary N) is 1. The van der Waals surface area contributed by atoms with E-state index in [1.807, 2.05) is 0 Å². The van der Waals surface area contributed by atoms with Gasteiger partial charge in [0, 0.05) is 30.9 Å². The van der Waals surface area contributed by atoms with Gasteiger partial charge in [-0.25, -0.2) is 18.7 Å². The molecule has 1 aromatic carbocycles. The molecule has 8 heteroatoms. The summed E-state index contributed by atoms with van der Waals surface area (Å²) in [5.41, 5.74) is 0. The predicted molar refractivity (Wildman–Crippen MR) is 82.8 cm³/mol. The molecule has 1 saturated heterocycles. The maximum atomic E-state index is 13.7. The minimum atomic E-state index is -0.930. The van der Waals surface area contributed by atoms with Crippen LogP contribution in [0, 0.1) is 17.6 Å². The van der Waals surface area contributed by atoms with E-state index < -0.39 is 17.7 Å². The molecule has 1 unspecified atom stereocenters. The average Bonchev–Trinajstić information content (AvgIpc) is 3.08. The highest BCUT2D eigenvalue weighted by molar-refractivity contribution is 6.37. The van der Waals surface area contributed by atoms with Crippen molar-refractivity contribution in [1.29, 1.82) is 0 Å². The molecule has 1 aliphatic rings. The summed E-state index contributed by atoms with van der Waals surface area (Å²) in [5.74, 6) is -1.63. The smallest absolute Gasteiger partial charge is 0.169 e. The summed E-state index contributed by atoms with van der Waals surface area (Å²) in [4.78, 5) is 8.37. The molecule has 2 atom stereocenters. The topological polar surface area (TPSA) is 47.0 Å². The van der Waals surface area contributed by atoms with Crippen molar-refractivity contribution < 1.29 is 13.5 Å². The van der Waals surface area contributed by atoms with Crippen LogP contribution in [0.3, 0.4) is 0 Å². The monoisotopic (exact) mass is 359 g/mol. The van der Waals surface area contributed by atoms with E-state index in [1.165, 1.54) is 0 Å². The van der Waals surface area contributed by atoms with Crippen molar-refractivity contribution in [2.24, 2.45) is 5.92 Å². The van der Waals surface area contributed by atoms with Crippen LogP contribution in [0.15, 0.2) is 24.5 Å². The molecule has 122 valence electrons. The highest BCUT2D eigenvalue weighted by Crippen LogP contribution is 2.41. The molecule has 0 saturated carbocycles. The van der Waals surface area contributed by atoms with Gasteiger partial charge >= 0.3 is 0 Å². The highest BCUT2D eigenvalue weighted by atomic mass is 35.5. The molecule has 1 N–H and O–H groups in total. The van der Waals surface area contributed by atoms with E-state index in [9.17, 15) is 8.78 Å². The fraction of sp³-hybridized carbons (Fsp3) is 0.333. The summed E-state index contributed by atoms with van der Waals surface area (Å²) in [6, 6.07) is 2.30. The van der Waals surface area contributed by atoms with Gasteiger partial charge in [0.2, 0.25) is 0 Å². The summed E-state index contributed by atoms with van der Waals surface area (Å²) in [6.45, 7) is 1.49. The Morgan fingerprint density at radius 3 is 2.39 bits per heavy atom. The molecular weight excluding hydrogens is 347 g/mol. The fourth-order valence-electron chi connectivity index (χ4n) is 2.53. The van der Waals surface area contributed by atoms with Gasteiger partial charge in [0.1, 0.15) is 21.7 Å². The number of rotatable bonds is 4. The Hall–Kier alpha value is -1.50. The normalized spacial score (nSPS) is 18.9. The maximum absolute atomic E-state index is 13.7. The Bertz CT molecular complexity index is 671. The zero-order chi connectivity index (χ0) is 16.4. The second-order valence-corrected chi connectivity index (χ2v) is 5.95. The second kappa shape index (κ2) is 6.95. The Balaban J connectivity index is 1.99. The van der Waals surface area contributed by atoms with Crippen molar-refractivity contribution >= 4 is 23.2 Å². The first-order valence-corrected chi connectivity index (χ1v) is 7.80. The van der Waals surface area contributed by atoms with Gasteiger partial charge in [-0.05, 0) is 19.0 Å². The van der Waals surface area contributed by atoms with Crippen LogP contribution in [0.25, 0.3) is 0 Å². The van der Waals surface area contributed by atoms with Crippen LogP contribution in [0.5, 0.6) is 5.75 Å². The molecule has 3 rings (SSSR count). The minimum Gasteiger partial charge on any atom is -0.479 e. The van der Waals surface area contributed by atoms with E-state index in [2.05, 4.69) is 15.3 Å². The van der Waals surface area contributed by atoms with Gasteiger partial charge < -0.3 is 10.1 Å². The molecule has 1 aliphatic heterocycles. The SMILES string of the molecule is Fc1cc(F)c(Cl)c(O[C@H](c2ncccn2)C2CCNC2)c1Cl. The first-order valence-electron chi connectivity index (χ1n) is 7.05. The highest BCUT2D eigenvalue weighted by Gasteiger charge is 2.32. The zero-order valence-electron chi connectivity index (χ0n) is 11.9. The lowest BCUT2D eigenvalue weighted by molar-refractivity contribution is 0.134. The van der Waals surface area contributed by atoms with Gasteiger partial charge in [-0.1, -0.05) is 23.2 Å². The van der Waals surface area contributed by atoms with Gasteiger partial charge in [-0.15, -0.1) is 0 Å². The Kier molecular flexibility index (Phi) is 4.94. The molecule has 0 aliphatic carbocycles. The Morgan fingerprint density at radius 1 is 1.17 bits per heavy atom. The van der Waals surface area contributed by atoms with Crippen LogP contribution in [-0.2, 0) is 0 Å². The first-order chi connectivity index (χ1) is 11.1. The lowest BCUT2D eigenvalue weighted by Gasteiger charge is -2.24. The summed E-state index contributed by atoms with van der Waals surface area (Å²) < 4.78 is 33.2. The molecule has 0 radical (unpaired) electrons. The van der Waals surface area contributed by atoms with Gasteiger partial charge in [0.05, 0.1) is 0 Å². The van der Waals surface area contributed by atoms with E-state index in [0.29, 0.717) is 18.4 Å². The number of hydrogen-bond acceptors (Lipinski definition) is 4. The van der Waals surface area contributed by atoms with E-state index in [0.717, 1.165) is 13.0 Å². The van der Waals surface area contributed by atoms with Gasteiger partial charge in [-0.3, -0.25) is 0 Å². The van der Waals surface area contributed by atoms with Crippen molar-refractivity contribution in [1.82, 2.24) is 15.3 Å². The second-order valence-electron chi connectivity index (χ2n) is 5.20. The average molecular weight is 360 g/mol. The van der Waals surface area contributed by atoms with Crippen molar-refractivity contribution in [2.75, 3.05) is 13.1 Å². The van der Waals surface area contributed by atoms with E-state index in [4.69, 9.17) is 27.9 Å². The van der Waals surface area contributed by atoms with Crippen molar-refractivity contribution in [3.05, 3.63) is 52.0 Å². The molecule has 0 spiro atoms. The standard InChI is InChI=1S/C15H13Cl2F2N3O/c16-11-9(18)6-10(19)12(17)14(11)23-13(8-2-5-20-7-8)15-21-3-1-4-22-15/h1,3-4,6,8,13,20H,2,5,7H2/t8?,13-/m0/s1. The lowest BCUT2D eigenvalue weighted by atomic mass is 10.0. The third-order valence-corrected chi connectivity index (χ3v) is 4.39. The molecular formula is C15H13Cl2F2N3O. The van der Waals surface area contributed by atoms with E-state index in [-0.39, 0.29) is 21.7 Å². The Labute approximate surface area is 141 Å². The molecule has 0 bridgehead atoms. The molecule has 0 amide bonds. The number of benzene rings is 1. The zero-order valence-corrected chi connectivity index (χ0v) is 13.4. The molecule has 1 fully saturated rings. The number of nitrogens with zero attached hydrogens (tertiary/aromatic N) is 2. The first kappa shape index (κ1) is 16.4. The third-order valence-electron chi connectivity index (χ3n) is 3.68. The van der Waals surface area contributed by atoms with Crippen LogP contribution in [0.2, 0.25) is 10.0 Å². The van der Waals surface area contributed by atoms with Crippen molar-refractivity contribution in [2.45, 2.75) is 12.5 Å².